The van der Waals surface area contributed by atoms with Gasteiger partial charge in [0.15, 0.2) is 11.6 Å². The Balaban J connectivity index is 2.13. The number of hydrogen-bond donors (Lipinski definition) is 0. The van der Waals surface area contributed by atoms with Gasteiger partial charge in [0.25, 0.3) is 16.6 Å². The van der Waals surface area contributed by atoms with Gasteiger partial charge < -0.3 is 8.85 Å². The van der Waals surface area contributed by atoms with E-state index < -0.39 is 16.6 Å². The number of hydrogen-bond acceptors (Lipinski definition) is 4. The monoisotopic (exact) mass is 518 g/mol. The molecule has 0 bridgehead atoms. The van der Waals surface area contributed by atoms with Crippen molar-refractivity contribution in [1.29, 1.82) is 0 Å². The summed E-state index contributed by atoms with van der Waals surface area (Å²) in [6, 6.07) is 20.8. The topological polar surface area (TPSA) is 52.6 Å². The van der Waals surface area contributed by atoms with Crippen molar-refractivity contribution in [3.63, 3.8) is 0 Å². The van der Waals surface area contributed by atoms with Gasteiger partial charge in [-0.1, -0.05) is 90.1 Å². The fraction of sp³-hybridized carbons (Fsp3) is 0.400. The van der Waals surface area contributed by atoms with Crippen molar-refractivity contribution >= 4 is 39.0 Å². The molecule has 0 unspecified atom stereocenters. The van der Waals surface area contributed by atoms with Gasteiger partial charge in [0.05, 0.1) is 11.1 Å². The highest BCUT2D eigenvalue weighted by atomic mass is 28.4. The normalized spacial score (nSPS) is 13.5. The van der Waals surface area contributed by atoms with Crippen LogP contribution < -0.4 is 8.85 Å². The molecule has 0 amide bonds. The van der Waals surface area contributed by atoms with Crippen LogP contribution in [0.3, 0.4) is 0 Å². The number of fused-ring (bicyclic) bond motifs is 3. The lowest BCUT2D eigenvalue weighted by molar-refractivity contribution is 0.0976. The van der Waals surface area contributed by atoms with Gasteiger partial charge in [-0.2, -0.15) is 0 Å². The van der Waals surface area contributed by atoms with Crippen molar-refractivity contribution in [3.8, 4) is 11.5 Å². The van der Waals surface area contributed by atoms with Gasteiger partial charge in [-0.25, -0.2) is 0 Å². The fourth-order valence-electron chi connectivity index (χ4n) is 5.54. The van der Waals surface area contributed by atoms with Crippen LogP contribution in [0, 0.1) is 0 Å². The Labute approximate surface area is 217 Å². The zero-order valence-corrected chi connectivity index (χ0v) is 24.5. The first kappa shape index (κ1) is 26.4. The van der Waals surface area contributed by atoms with Crippen LogP contribution in [0.5, 0.6) is 11.5 Å². The molecule has 0 spiro atoms. The van der Waals surface area contributed by atoms with E-state index in [0.717, 1.165) is 47.0 Å². The van der Waals surface area contributed by atoms with Crippen molar-refractivity contribution in [3.05, 3.63) is 70.8 Å². The molecule has 3 aromatic rings. The summed E-state index contributed by atoms with van der Waals surface area (Å²) in [5.41, 5.74) is 1.68. The molecule has 6 heteroatoms. The molecule has 0 N–H and O–H groups in total. The standard InChI is InChI=1S/C30H38O4Si2/c1-7-35(8-2,9-3)33-29-23-19-15-16-20-24(23)30(34-36(10-4,11-5)12-6)26-25(29)27(31)21-17-13-14-18-22(21)28(26)32/h13-20H,7-12H2,1-6H3. The van der Waals surface area contributed by atoms with E-state index in [1.807, 2.05) is 36.4 Å². The molecule has 0 saturated heterocycles. The van der Waals surface area contributed by atoms with Crippen molar-refractivity contribution in [1.82, 2.24) is 0 Å². The van der Waals surface area contributed by atoms with Crippen LogP contribution in [-0.2, 0) is 0 Å². The molecule has 3 aromatic carbocycles. The highest BCUT2D eigenvalue weighted by molar-refractivity contribution is 6.75. The van der Waals surface area contributed by atoms with Gasteiger partial charge in [0.1, 0.15) is 11.5 Å². The third-order valence-corrected chi connectivity index (χ3v) is 17.5. The van der Waals surface area contributed by atoms with Crippen molar-refractivity contribution < 1.29 is 18.4 Å². The third-order valence-electron chi connectivity index (χ3n) is 8.49. The van der Waals surface area contributed by atoms with Crippen molar-refractivity contribution in [2.75, 3.05) is 0 Å². The highest BCUT2D eigenvalue weighted by Gasteiger charge is 2.42. The Hall–Kier alpha value is -2.71. The minimum Gasteiger partial charge on any atom is -0.543 e. The van der Waals surface area contributed by atoms with Gasteiger partial charge >= 0.3 is 0 Å². The second-order valence-corrected chi connectivity index (χ2v) is 19.2. The zero-order chi connectivity index (χ0) is 26.1. The molecule has 0 fully saturated rings. The Kier molecular flexibility index (Phi) is 7.57. The number of carbonyl (C=O) groups excluding carboxylic acids is 2. The average molecular weight is 519 g/mol. The van der Waals surface area contributed by atoms with E-state index in [-0.39, 0.29) is 11.6 Å². The van der Waals surface area contributed by atoms with E-state index in [1.54, 1.807) is 12.1 Å². The van der Waals surface area contributed by atoms with Gasteiger partial charge in [0, 0.05) is 21.9 Å². The van der Waals surface area contributed by atoms with E-state index in [1.165, 1.54) is 0 Å². The minimum absolute atomic E-state index is 0.145. The van der Waals surface area contributed by atoms with Crippen LogP contribution in [0.4, 0.5) is 0 Å². The van der Waals surface area contributed by atoms with E-state index in [0.29, 0.717) is 33.8 Å². The summed E-state index contributed by atoms with van der Waals surface area (Å²) in [6.07, 6.45) is 0. The molecule has 0 aliphatic heterocycles. The molecule has 36 heavy (non-hydrogen) atoms. The van der Waals surface area contributed by atoms with Gasteiger partial charge in [-0.05, 0) is 36.3 Å². The Morgan fingerprint density at radius 2 is 0.833 bits per heavy atom. The second kappa shape index (κ2) is 10.3. The summed E-state index contributed by atoms with van der Waals surface area (Å²) in [4.78, 5) is 28.3. The molecular weight excluding hydrogens is 480 g/mol. The molecule has 0 atom stereocenters. The lowest BCUT2D eigenvalue weighted by Crippen LogP contribution is -2.41. The predicted molar refractivity (Wildman–Crippen MR) is 153 cm³/mol. The minimum atomic E-state index is -2.16. The SMILES string of the molecule is CC[Si](CC)(CC)Oc1c2c(c(O[Si](CC)(CC)CC)c3ccccc13)C(=O)c1ccccc1C2=O. The van der Waals surface area contributed by atoms with Gasteiger partial charge in [-0.15, -0.1) is 0 Å². The third kappa shape index (κ3) is 4.14. The van der Waals surface area contributed by atoms with Crippen molar-refractivity contribution in [2.45, 2.75) is 77.8 Å². The second-order valence-electron chi connectivity index (χ2n) is 9.85. The van der Waals surface area contributed by atoms with E-state index in [9.17, 15) is 9.59 Å². The molecule has 1 aliphatic rings. The maximum Gasteiger partial charge on any atom is 0.250 e. The van der Waals surface area contributed by atoms with Crippen LogP contribution in [0.15, 0.2) is 48.5 Å². The molecule has 0 saturated carbocycles. The van der Waals surface area contributed by atoms with Crippen LogP contribution in [0.25, 0.3) is 10.8 Å². The summed E-state index contributed by atoms with van der Waals surface area (Å²) in [5, 5.41) is 1.73. The van der Waals surface area contributed by atoms with Crippen LogP contribution in [0.1, 0.15) is 73.4 Å². The molecule has 4 nitrogen and oxygen atoms in total. The first-order valence-electron chi connectivity index (χ1n) is 13.5. The molecular formula is C30H38O4Si2. The summed E-state index contributed by atoms with van der Waals surface area (Å²) in [6.45, 7) is 13.1. The molecule has 190 valence electrons. The first-order chi connectivity index (χ1) is 17.3. The van der Waals surface area contributed by atoms with Crippen LogP contribution in [0.2, 0.25) is 36.3 Å². The molecule has 0 heterocycles. The summed E-state index contributed by atoms with van der Waals surface area (Å²) in [5.74, 6) is 0.868. The molecule has 1 aliphatic carbocycles. The molecule has 0 aromatic heterocycles. The van der Waals surface area contributed by atoms with E-state index in [2.05, 4.69) is 41.5 Å². The maximum atomic E-state index is 14.1. The lowest BCUT2D eigenvalue weighted by Gasteiger charge is -2.35. The van der Waals surface area contributed by atoms with Gasteiger partial charge in [-0.3, -0.25) is 9.59 Å². The number of ketones is 2. The molecule has 0 radical (unpaired) electrons. The first-order valence-corrected chi connectivity index (χ1v) is 18.6. The fourth-order valence-corrected chi connectivity index (χ4v) is 10.7. The number of benzene rings is 3. The summed E-state index contributed by atoms with van der Waals surface area (Å²) >= 11 is 0. The average Bonchev–Trinajstić information content (AvgIpc) is 2.94. The van der Waals surface area contributed by atoms with E-state index in [4.69, 9.17) is 8.85 Å². The summed E-state index contributed by atoms with van der Waals surface area (Å²) in [7, 11) is -4.32. The summed E-state index contributed by atoms with van der Waals surface area (Å²) < 4.78 is 14.0. The van der Waals surface area contributed by atoms with E-state index >= 15 is 0 Å². The Morgan fingerprint density at radius 1 is 0.528 bits per heavy atom. The maximum absolute atomic E-state index is 14.1. The Bertz CT molecular complexity index is 1190. The Morgan fingerprint density at radius 3 is 1.14 bits per heavy atom. The lowest BCUT2D eigenvalue weighted by atomic mass is 9.81. The van der Waals surface area contributed by atoms with Gasteiger partial charge in [0.2, 0.25) is 0 Å². The van der Waals surface area contributed by atoms with Crippen LogP contribution >= 0.6 is 0 Å². The predicted octanol–water partition coefficient (Wildman–Crippen LogP) is 8.38. The zero-order valence-electron chi connectivity index (χ0n) is 22.5. The number of carbonyl (C=O) groups is 2. The van der Waals surface area contributed by atoms with Crippen molar-refractivity contribution in [2.24, 2.45) is 0 Å². The smallest absolute Gasteiger partial charge is 0.250 e. The highest BCUT2D eigenvalue weighted by Crippen LogP contribution is 2.48. The molecule has 4 rings (SSSR count). The van der Waals surface area contributed by atoms with Crippen LogP contribution in [-0.4, -0.2) is 28.2 Å². The largest absolute Gasteiger partial charge is 0.543 e. The number of rotatable bonds is 10. The quantitative estimate of drug-likeness (QED) is 0.198.